The van der Waals surface area contributed by atoms with E-state index in [0.717, 1.165) is 5.69 Å². The number of halogens is 1. The van der Waals surface area contributed by atoms with E-state index in [1.54, 1.807) is 18.2 Å². The van der Waals surface area contributed by atoms with Gasteiger partial charge in [-0.05, 0) is 12.1 Å². The number of benzene rings is 1. The number of hydrogen-bond acceptors (Lipinski definition) is 4. The summed E-state index contributed by atoms with van der Waals surface area (Å²) in [5, 5.41) is 13.3. The monoisotopic (exact) mass is 250 g/mol. The van der Waals surface area contributed by atoms with Crippen LogP contribution in [0.15, 0.2) is 30.5 Å². The van der Waals surface area contributed by atoms with Crippen molar-refractivity contribution in [2.75, 3.05) is 25.6 Å². The van der Waals surface area contributed by atoms with E-state index < -0.39 is 6.10 Å². The van der Waals surface area contributed by atoms with Crippen molar-refractivity contribution in [3.8, 4) is 0 Å². The summed E-state index contributed by atoms with van der Waals surface area (Å²) in [7, 11) is 1.53. The first-order valence-electron chi connectivity index (χ1n) is 5.66. The van der Waals surface area contributed by atoms with Crippen LogP contribution in [-0.4, -0.2) is 36.5 Å². The molecule has 0 radical (unpaired) electrons. The van der Waals surface area contributed by atoms with Gasteiger partial charge in [-0.25, -0.2) is 4.39 Å². The number of aliphatic hydroxyl groups excluding tert-OH is 1. The second-order valence-electron chi connectivity index (χ2n) is 3.98. The van der Waals surface area contributed by atoms with Crippen LogP contribution in [0.1, 0.15) is 0 Å². The number of hydrogen-bond donors (Lipinski definition) is 2. The summed E-state index contributed by atoms with van der Waals surface area (Å²) in [6, 6.07) is 6.55. The Morgan fingerprint density at radius 1 is 1.44 bits per heavy atom. The fourth-order valence-electron chi connectivity index (χ4n) is 1.77. The van der Waals surface area contributed by atoms with Crippen LogP contribution in [0.4, 0.5) is 10.1 Å². The summed E-state index contributed by atoms with van der Waals surface area (Å²) in [5.74, 6) is -0.353. The van der Waals surface area contributed by atoms with Gasteiger partial charge < -0.3 is 15.2 Å². The van der Waals surface area contributed by atoms with Gasteiger partial charge in [0.2, 0.25) is 0 Å². The summed E-state index contributed by atoms with van der Waals surface area (Å²) in [5.41, 5.74) is 1.07. The minimum atomic E-state index is -0.605. The van der Waals surface area contributed by atoms with Gasteiger partial charge in [0.25, 0.3) is 0 Å². The number of para-hydroxylation sites is 1. The molecule has 96 valence electrons. The Kier molecular flexibility index (Phi) is 4.07. The maximum absolute atomic E-state index is 13.5. The average Bonchev–Trinajstić information content (AvgIpc) is 2.37. The topological polar surface area (TPSA) is 54.4 Å². The first kappa shape index (κ1) is 12.7. The largest absolute Gasteiger partial charge is 0.389 e. The lowest BCUT2D eigenvalue weighted by Crippen LogP contribution is -2.24. The van der Waals surface area contributed by atoms with Crippen LogP contribution in [0.5, 0.6) is 0 Å². The van der Waals surface area contributed by atoms with Crippen LogP contribution in [-0.2, 0) is 4.74 Å². The Hall–Kier alpha value is -1.72. The van der Waals surface area contributed by atoms with Gasteiger partial charge in [-0.3, -0.25) is 4.98 Å². The second kappa shape index (κ2) is 5.75. The summed E-state index contributed by atoms with van der Waals surface area (Å²) in [6.07, 6.45) is 0.933. The fourth-order valence-corrected chi connectivity index (χ4v) is 1.77. The zero-order chi connectivity index (χ0) is 13.0. The van der Waals surface area contributed by atoms with Gasteiger partial charge in [-0.15, -0.1) is 0 Å². The lowest BCUT2D eigenvalue weighted by atomic mass is 10.2. The number of rotatable bonds is 5. The number of ether oxygens (including phenoxy) is 1. The first-order chi connectivity index (χ1) is 8.72. The highest BCUT2D eigenvalue weighted by Gasteiger charge is 2.07. The molecule has 1 aromatic carbocycles. The van der Waals surface area contributed by atoms with Crippen molar-refractivity contribution >= 4 is 16.6 Å². The maximum atomic E-state index is 13.5. The third-order valence-electron chi connectivity index (χ3n) is 2.61. The summed E-state index contributed by atoms with van der Waals surface area (Å²) >= 11 is 0. The lowest BCUT2D eigenvalue weighted by Gasteiger charge is -2.13. The molecular formula is C13H15FN2O2. The van der Waals surface area contributed by atoms with Gasteiger partial charge in [0.05, 0.1) is 12.7 Å². The van der Waals surface area contributed by atoms with Gasteiger partial charge in [0, 0.05) is 30.9 Å². The van der Waals surface area contributed by atoms with E-state index in [4.69, 9.17) is 4.74 Å². The van der Waals surface area contributed by atoms with Gasteiger partial charge >= 0.3 is 0 Å². The Balaban J connectivity index is 2.21. The standard InChI is InChI=1S/C13H15FN2O2/c1-18-8-9(17)7-16-12-5-6-15-13-10(12)3-2-4-11(13)14/h2-6,9,17H,7-8H2,1H3,(H,15,16)/t9-/m0/s1. The highest BCUT2D eigenvalue weighted by molar-refractivity contribution is 5.91. The van der Waals surface area contributed by atoms with E-state index in [2.05, 4.69) is 10.3 Å². The quantitative estimate of drug-likeness (QED) is 0.849. The fraction of sp³-hybridized carbons (Fsp3) is 0.308. The van der Waals surface area contributed by atoms with E-state index in [1.807, 2.05) is 0 Å². The van der Waals surface area contributed by atoms with Crippen molar-refractivity contribution in [2.24, 2.45) is 0 Å². The smallest absolute Gasteiger partial charge is 0.149 e. The van der Waals surface area contributed by atoms with Crippen LogP contribution in [0.2, 0.25) is 0 Å². The molecule has 0 amide bonds. The van der Waals surface area contributed by atoms with Crippen LogP contribution in [0.25, 0.3) is 10.9 Å². The number of aromatic nitrogens is 1. The minimum Gasteiger partial charge on any atom is -0.389 e. The number of pyridine rings is 1. The molecular weight excluding hydrogens is 235 g/mol. The molecule has 0 bridgehead atoms. The summed E-state index contributed by atoms with van der Waals surface area (Å²) in [4.78, 5) is 4.00. The summed E-state index contributed by atoms with van der Waals surface area (Å²) < 4.78 is 18.4. The number of aliphatic hydroxyl groups is 1. The molecule has 0 spiro atoms. The molecule has 2 aromatic rings. The molecule has 0 aliphatic heterocycles. The number of fused-ring (bicyclic) bond motifs is 1. The molecule has 2 N–H and O–H groups in total. The molecule has 0 aliphatic carbocycles. The molecule has 2 rings (SSSR count). The predicted molar refractivity (Wildman–Crippen MR) is 68.1 cm³/mol. The molecule has 18 heavy (non-hydrogen) atoms. The van der Waals surface area contributed by atoms with Gasteiger partial charge in [0.1, 0.15) is 11.3 Å². The predicted octanol–water partition coefficient (Wildman–Crippen LogP) is 1.79. The molecule has 1 atom stereocenters. The number of methoxy groups -OCH3 is 1. The van der Waals surface area contributed by atoms with E-state index in [9.17, 15) is 9.50 Å². The molecule has 0 aliphatic rings. The molecule has 0 saturated carbocycles. The molecule has 0 fully saturated rings. The zero-order valence-electron chi connectivity index (χ0n) is 10.1. The van der Waals surface area contributed by atoms with E-state index in [0.29, 0.717) is 17.4 Å². The zero-order valence-corrected chi connectivity index (χ0v) is 10.1. The Bertz CT molecular complexity index is 533. The molecule has 0 saturated heterocycles. The maximum Gasteiger partial charge on any atom is 0.149 e. The lowest BCUT2D eigenvalue weighted by molar-refractivity contribution is 0.0728. The van der Waals surface area contributed by atoms with E-state index in [1.165, 1.54) is 19.4 Å². The van der Waals surface area contributed by atoms with Crippen LogP contribution in [0, 0.1) is 5.82 Å². The van der Waals surface area contributed by atoms with E-state index in [-0.39, 0.29) is 12.4 Å². The Labute approximate surface area is 104 Å². The number of nitrogens with zero attached hydrogens (tertiary/aromatic N) is 1. The number of anilines is 1. The Morgan fingerprint density at radius 3 is 3.06 bits per heavy atom. The van der Waals surface area contributed by atoms with Crippen molar-refractivity contribution in [1.29, 1.82) is 0 Å². The summed E-state index contributed by atoms with van der Waals surface area (Å²) in [6.45, 7) is 0.591. The molecule has 0 unspecified atom stereocenters. The van der Waals surface area contributed by atoms with Crippen molar-refractivity contribution in [3.63, 3.8) is 0 Å². The van der Waals surface area contributed by atoms with Crippen molar-refractivity contribution in [1.82, 2.24) is 4.98 Å². The molecule has 5 heteroatoms. The van der Waals surface area contributed by atoms with Crippen LogP contribution in [0.3, 0.4) is 0 Å². The van der Waals surface area contributed by atoms with Gasteiger partial charge in [-0.2, -0.15) is 0 Å². The first-order valence-corrected chi connectivity index (χ1v) is 5.66. The Morgan fingerprint density at radius 2 is 2.28 bits per heavy atom. The average molecular weight is 250 g/mol. The second-order valence-corrected chi connectivity index (χ2v) is 3.98. The van der Waals surface area contributed by atoms with Crippen molar-refractivity contribution in [3.05, 3.63) is 36.3 Å². The SMILES string of the molecule is COC[C@@H](O)CNc1ccnc2c(F)cccc12. The molecule has 4 nitrogen and oxygen atoms in total. The van der Waals surface area contributed by atoms with Gasteiger partial charge in [0.15, 0.2) is 0 Å². The number of nitrogens with one attached hydrogen (secondary N) is 1. The van der Waals surface area contributed by atoms with Crippen molar-refractivity contribution < 1.29 is 14.2 Å². The normalized spacial score (nSPS) is 12.6. The third kappa shape index (κ3) is 2.75. The van der Waals surface area contributed by atoms with Crippen LogP contribution < -0.4 is 5.32 Å². The third-order valence-corrected chi connectivity index (χ3v) is 2.61. The molecule has 1 aromatic heterocycles. The van der Waals surface area contributed by atoms with E-state index >= 15 is 0 Å². The highest BCUT2D eigenvalue weighted by atomic mass is 19.1. The highest BCUT2D eigenvalue weighted by Crippen LogP contribution is 2.23. The molecule has 1 heterocycles. The van der Waals surface area contributed by atoms with Crippen molar-refractivity contribution in [2.45, 2.75) is 6.10 Å². The minimum absolute atomic E-state index is 0.254. The van der Waals surface area contributed by atoms with Crippen LogP contribution >= 0.6 is 0 Å². The van der Waals surface area contributed by atoms with Gasteiger partial charge in [-0.1, -0.05) is 12.1 Å².